The Morgan fingerprint density at radius 2 is 1.84 bits per heavy atom. The van der Waals surface area contributed by atoms with Crippen LogP contribution in [-0.4, -0.2) is 65.6 Å². The molecule has 1 aromatic carbocycles. The summed E-state index contributed by atoms with van der Waals surface area (Å²) < 4.78 is 63.7. The predicted molar refractivity (Wildman–Crippen MR) is 107 cm³/mol. The van der Waals surface area contributed by atoms with E-state index in [4.69, 9.17) is 0 Å². The summed E-state index contributed by atoms with van der Waals surface area (Å²) in [6.45, 7) is 3.25. The number of hydrogen-bond acceptors (Lipinski definition) is 7. The lowest BCUT2D eigenvalue weighted by atomic mass is 10.2. The number of rotatable bonds is 4. The Morgan fingerprint density at radius 3 is 2.58 bits per heavy atom. The van der Waals surface area contributed by atoms with Crippen molar-refractivity contribution >= 4 is 21.3 Å². The van der Waals surface area contributed by atoms with Gasteiger partial charge in [-0.05, 0) is 36.2 Å². The minimum absolute atomic E-state index is 0.0401. The Morgan fingerprint density at radius 1 is 1.03 bits per heavy atom. The van der Waals surface area contributed by atoms with Crippen LogP contribution in [0.2, 0.25) is 0 Å². The molecule has 0 N–H and O–H groups in total. The highest BCUT2D eigenvalue weighted by atomic mass is 32.2. The first-order valence-corrected chi connectivity index (χ1v) is 11.6. The molecule has 1 fully saturated rings. The second-order valence-electron chi connectivity index (χ2n) is 7.52. The second-order valence-corrected chi connectivity index (χ2v) is 9.53. The zero-order valence-corrected chi connectivity index (χ0v) is 17.6. The fourth-order valence-electron chi connectivity index (χ4n) is 3.62. The van der Waals surface area contributed by atoms with Crippen molar-refractivity contribution < 1.29 is 21.6 Å². The van der Waals surface area contributed by atoms with Crippen molar-refractivity contribution in [2.75, 3.05) is 37.3 Å². The predicted octanol–water partition coefficient (Wildman–Crippen LogP) is 2.26. The summed E-state index contributed by atoms with van der Waals surface area (Å²) in [4.78, 5) is 4.42. The molecule has 0 amide bonds. The standard InChI is InChI=1S/C19H21F3N6O2S/c1-31(29,30)15-5-2-4-14(12-15)13-26-8-3-9-27(11-10-26)17-7-6-16-23-24-18(19(20,21)22)28(16)25-17/h2,4-7,12H,3,8-11,13H2,1H3. The van der Waals surface area contributed by atoms with E-state index in [2.05, 4.69) is 20.2 Å². The van der Waals surface area contributed by atoms with Gasteiger partial charge in [0.2, 0.25) is 0 Å². The van der Waals surface area contributed by atoms with Crippen LogP contribution >= 0.6 is 0 Å². The molecule has 1 aliphatic heterocycles. The topological polar surface area (TPSA) is 83.7 Å². The number of sulfone groups is 1. The number of alkyl halides is 3. The Labute approximate surface area is 177 Å². The van der Waals surface area contributed by atoms with Gasteiger partial charge in [0.25, 0.3) is 5.82 Å². The van der Waals surface area contributed by atoms with Crippen LogP contribution in [-0.2, 0) is 22.6 Å². The van der Waals surface area contributed by atoms with Crippen molar-refractivity contribution in [3.05, 3.63) is 47.8 Å². The van der Waals surface area contributed by atoms with Crippen molar-refractivity contribution in [3.8, 4) is 0 Å². The van der Waals surface area contributed by atoms with E-state index in [-0.39, 0.29) is 10.5 Å². The zero-order valence-electron chi connectivity index (χ0n) is 16.7. The van der Waals surface area contributed by atoms with Crippen LogP contribution in [0, 0.1) is 0 Å². The van der Waals surface area contributed by atoms with Crippen molar-refractivity contribution in [2.45, 2.75) is 24.0 Å². The fourth-order valence-corrected chi connectivity index (χ4v) is 4.31. The number of hydrogen-bond donors (Lipinski definition) is 0. The maximum atomic E-state index is 13.1. The van der Waals surface area contributed by atoms with Crippen molar-refractivity contribution in [3.63, 3.8) is 0 Å². The largest absolute Gasteiger partial charge is 0.453 e. The molecule has 4 rings (SSSR count). The first kappa shape index (κ1) is 21.5. The molecule has 0 saturated carbocycles. The molecular formula is C19H21F3N6O2S. The van der Waals surface area contributed by atoms with E-state index >= 15 is 0 Å². The van der Waals surface area contributed by atoms with E-state index < -0.39 is 21.8 Å². The number of fused-ring (bicyclic) bond motifs is 1. The van der Waals surface area contributed by atoms with E-state index in [0.717, 1.165) is 23.0 Å². The molecule has 0 atom stereocenters. The first-order chi connectivity index (χ1) is 14.6. The van der Waals surface area contributed by atoms with E-state index in [9.17, 15) is 21.6 Å². The van der Waals surface area contributed by atoms with Crippen LogP contribution in [0.15, 0.2) is 41.3 Å². The van der Waals surface area contributed by atoms with Gasteiger partial charge in [-0.3, -0.25) is 4.90 Å². The van der Waals surface area contributed by atoms with E-state index in [1.807, 2.05) is 11.0 Å². The van der Waals surface area contributed by atoms with Crippen LogP contribution < -0.4 is 4.90 Å². The number of benzene rings is 1. The summed E-state index contributed by atoms with van der Waals surface area (Å²) in [5.41, 5.74) is 0.938. The smallest absolute Gasteiger partial charge is 0.354 e. The van der Waals surface area contributed by atoms with Gasteiger partial charge in [0.15, 0.2) is 15.5 Å². The molecule has 1 aliphatic rings. The van der Waals surface area contributed by atoms with Crippen LogP contribution in [0.4, 0.5) is 19.0 Å². The molecule has 0 radical (unpaired) electrons. The molecule has 8 nitrogen and oxygen atoms in total. The number of anilines is 1. The van der Waals surface area contributed by atoms with Gasteiger partial charge in [0.05, 0.1) is 4.90 Å². The quantitative estimate of drug-likeness (QED) is 0.598. The highest BCUT2D eigenvalue weighted by molar-refractivity contribution is 7.90. The summed E-state index contributed by atoms with van der Waals surface area (Å²) in [5, 5.41) is 10.9. The minimum Gasteiger partial charge on any atom is -0.354 e. The molecule has 2 aromatic heterocycles. The molecule has 3 aromatic rings. The third-order valence-corrected chi connectivity index (χ3v) is 6.26. The summed E-state index contributed by atoms with van der Waals surface area (Å²) >= 11 is 0. The van der Waals surface area contributed by atoms with Crippen LogP contribution in [0.1, 0.15) is 17.8 Å². The SMILES string of the molecule is CS(=O)(=O)c1cccc(CN2CCCN(c3ccc4nnc(C(F)(F)F)n4n3)CC2)c1. The summed E-state index contributed by atoms with van der Waals surface area (Å²) in [6, 6.07) is 9.99. The third kappa shape index (κ3) is 4.79. The van der Waals surface area contributed by atoms with E-state index in [0.29, 0.717) is 32.0 Å². The van der Waals surface area contributed by atoms with Crippen LogP contribution in [0.3, 0.4) is 0 Å². The fraction of sp³-hybridized carbons (Fsp3) is 0.421. The second kappa shape index (κ2) is 8.08. The summed E-state index contributed by atoms with van der Waals surface area (Å²) in [5.74, 6) is -0.717. The minimum atomic E-state index is -4.64. The van der Waals surface area contributed by atoms with Gasteiger partial charge >= 0.3 is 6.18 Å². The highest BCUT2D eigenvalue weighted by Gasteiger charge is 2.37. The number of aromatic nitrogens is 4. The van der Waals surface area contributed by atoms with Gasteiger partial charge in [0.1, 0.15) is 5.82 Å². The molecule has 166 valence electrons. The van der Waals surface area contributed by atoms with Crippen molar-refractivity contribution in [1.82, 2.24) is 24.7 Å². The molecule has 0 bridgehead atoms. The molecule has 12 heteroatoms. The maximum Gasteiger partial charge on any atom is 0.453 e. The monoisotopic (exact) mass is 454 g/mol. The van der Waals surface area contributed by atoms with Crippen molar-refractivity contribution in [1.29, 1.82) is 0 Å². The zero-order chi connectivity index (χ0) is 22.2. The third-order valence-electron chi connectivity index (χ3n) is 5.15. The molecular weight excluding hydrogens is 433 g/mol. The Hall–Kier alpha value is -2.73. The summed E-state index contributed by atoms with van der Waals surface area (Å²) in [6.07, 6.45) is -2.67. The lowest BCUT2D eigenvalue weighted by Crippen LogP contribution is -2.31. The lowest BCUT2D eigenvalue weighted by molar-refractivity contribution is -0.146. The van der Waals surface area contributed by atoms with Gasteiger partial charge in [-0.2, -0.15) is 17.7 Å². The van der Waals surface area contributed by atoms with E-state index in [1.54, 1.807) is 24.3 Å². The molecule has 0 spiro atoms. The molecule has 3 heterocycles. The van der Waals surface area contributed by atoms with Gasteiger partial charge in [-0.15, -0.1) is 15.3 Å². The average molecular weight is 454 g/mol. The maximum absolute atomic E-state index is 13.1. The normalized spacial score (nSPS) is 16.6. The average Bonchev–Trinajstić information content (AvgIpc) is 3.00. The van der Waals surface area contributed by atoms with Gasteiger partial charge < -0.3 is 4.90 Å². The van der Waals surface area contributed by atoms with Crippen molar-refractivity contribution in [2.24, 2.45) is 0 Å². The Bertz CT molecular complexity index is 1190. The number of halogens is 3. The molecule has 0 unspecified atom stereocenters. The van der Waals surface area contributed by atoms with Crippen LogP contribution in [0.25, 0.3) is 5.65 Å². The first-order valence-electron chi connectivity index (χ1n) is 9.67. The van der Waals surface area contributed by atoms with E-state index in [1.165, 1.54) is 12.3 Å². The molecule has 0 aliphatic carbocycles. The van der Waals surface area contributed by atoms with Gasteiger partial charge in [0, 0.05) is 39.0 Å². The Kier molecular flexibility index (Phi) is 5.60. The lowest BCUT2D eigenvalue weighted by Gasteiger charge is -2.23. The van der Waals surface area contributed by atoms with Gasteiger partial charge in [-0.1, -0.05) is 12.1 Å². The number of nitrogens with zero attached hydrogens (tertiary/aromatic N) is 6. The molecule has 31 heavy (non-hydrogen) atoms. The Balaban J connectivity index is 1.48. The highest BCUT2D eigenvalue weighted by Crippen LogP contribution is 2.28. The summed E-state index contributed by atoms with van der Waals surface area (Å²) in [7, 11) is -3.27. The molecule has 1 saturated heterocycles. The van der Waals surface area contributed by atoms with Crippen LogP contribution in [0.5, 0.6) is 0 Å². The van der Waals surface area contributed by atoms with Gasteiger partial charge in [-0.25, -0.2) is 8.42 Å².